The molecule has 4 nitrogen and oxygen atoms in total. The van der Waals surface area contributed by atoms with Crippen molar-refractivity contribution in [2.45, 2.75) is 0 Å². The molecule has 1 aromatic carbocycles. The Labute approximate surface area is 120 Å². The quantitative estimate of drug-likeness (QED) is 0.772. The third-order valence-electron chi connectivity index (χ3n) is 1.38. The maximum Gasteiger partial charge on any atom is 0.335 e. The van der Waals surface area contributed by atoms with Gasteiger partial charge < -0.3 is 10.2 Å². The summed E-state index contributed by atoms with van der Waals surface area (Å²) in [5.74, 6) is -2.13. The molecule has 0 atom stereocenters. The maximum atomic E-state index is 10.3. The van der Waals surface area contributed by atoms with E-state index in [2.05, 4.69) is 0 Å². The predicted molar refractivity (Wildman–Crippen MR) is 51.9 cm³/mol. The monoisotopic (exact) mass is 309 g/mol. The van der Waals surface area contributed by atoms with Crippen molar-refractivity contribution in [3.8, 4) is 0 Å². The molecule has 0 unspecified atom stereocenters. The minimum absolute atomic E-state index is 0. The molecule has 0 aliphatic heterocycles. The zero-order chi connectivity index (χ0) is 9.14. The second-order valence-corrected chi connectivity index (χ2v) is 2.19. The summed E-state index contributed by atoms with van der Waals surface area (Å²) in [6.45, 7) is 0. The first-order chi connectivity index (χ1) is 5.61. The Bertz CT molecular complexity index is 290. The number of benzene rings is 1. The van der Waals surface area contributed by atoms with Gasteiger partial charge in [-0.2, -0.15) is 0 Å². The van der Waals surface area contributed by atoms with E-state index in [9.17, 15) is 9.59 Å². The van der Waals surface area contributed by atoms with E-state index in [4.69, 9.17) is 10.2 Å². The van der Waals surface area contributed by atoms with Gasteiger partial charge in [0.1, 0.15) is 0 Å². The van der Waals surface area contributed by atoms with Gasteiger partial charge in [-0.15, -0.1) is 0 Å². The van der Waals surface area contributed by atoms with Gasteiger partial charge in [0.25, 0.3) is 0 Å². The van der Waals surface area contributed by atoms with Crippen LogP contribution in [0.4, 0.5) is 0 Å². The number of carbonyl (C=O) groups is 2. The molecule has 0 fully saturated rings. The first kappa shape index (κ1) is 16.4. The summed E-state index contributed by atoms with van der Waals surface area (Å²) in [4.78, 5) is 20.7. The van der Waals surface area contributed by atoms with Gasteiger partial charge in [-0.3, -0.25) is 0 Å². The summed E-state index contributed by atoms with van der Waals surface area (Å²) >= 11 is 0. The Hall–Kier alpha value is -0.0413. The van der Waals surface area contributed by atoms with E-state index in [1.54, 1.807) is 0 Å². The fraction of sp³-hybridized carbons (Fsp3) is 0. The van der Waals surface area contributed by atoms with Crippen molar-refractivity contribution in [3.05, 3.63) is 35.4 Å². The summed E-state index contributed by atoms with van der Waals surface area (Å²) in [7, 11) is 0. The average Bonchev–Trinajstić information content (AvgIpc) is 2.04. The minimum atomic E-state index is -1.06. The van der Waals surface area contributed by atoms with Crippen molar-refractivity contribution in [1.82, 2.24) is 0 Å². The van der Waals surface area contributed by atoms with E-state index in [0.29, 0.717) is 0 Å². The van der Waals surface area contributed by atoms with Crippen molar-refractivity contribution in [3.63, 3.8) is 0 Å². The molecule has 0 aromatic heterocycles. The van der Waals surface area contributed by atoms with Gasteiger partial charge >= 0.3 is 11.9 Å². The van der Waals surface area contributed by atoms with Crippen molar-refractivity contribution < 1.29 is 19.8 Å². The van der Waals surface area contributed by atoms with E-state index in [1.165, 1.54) is 24.3 Å². The molecule has 0 saturated carbocycles. The van der Waals surface area contributed by atoms with Gasteiger partial charge in [0.05, 0.1) is 11.1 Å². The smallest absolute Gasteiger partial charge is 0.335 e. The van der Waals surface area contributed by atoms with E-state index in [1.807, 2.05) is 0 Å². The molecule has 0 aliphatic rings. The molecule has 0 bridgehead atoms. The molecule has 1 rings (SSSR count). The topological polar surface area (TPSA) is 74.6 Å². The molecular formula is C8H6NaO4Sn. The van der Waals surface area contributed by atoms with Crippen molar-refractivity contribution in [2.75, 3.05) is 0 Å². The number of rotatable bonds is 2. The molecule has 14 heavy (non-hydrogen) atoms. The Balaban J connectivity index is 0. The average molecular weight is 308 g/mol. The SMILES string of the molecule is O=C(O)c1ccc(C(=O)O)cc1.[Na].[Sn]. The maximum absolute atomic E-state index is 10.3. The van der Waals surface area contributed by atoms with Crippen LogP contribution >= 0.6 is 0 Å². The van der Waals surface area contributed by atoms with E-state index in [-0.39, 0.29) is 64.6 Å². The van der Waals surface area contributed by atoms with Gasteiger partial charge in [-0.1, -0.05) is 0 Å². The third kappa shape index (κ3) is 4.45. The van der Waals surface area contributed by atoms with Crippen LogP contribution in [0.5, 0.6) is 0 Å². The zero-order valence-corrected chi connectivity index (χ0v) is 12.4. The standard InChI is InChI=1S/C8H6O4.Na.Sn/c9-7(10)5-1-2-6(4-3-5)8(11)12;;/h1-4H,(H,9,10)(H,11,12);;. The van der Waals surface area contributed by atoms with Crippen molar-refractivity contribution in [1.29, 1.82) is 0 Å². The molecule has 0 amide bonds. The predicted octanol–water partition coefficient (Wildman–Crippen LogP) is 0.321. The van der Waals surface area contributed by atoms with E-state index in [0.717, 1.165) is 0 Å². The Kier molecular flexibility index (Phi) is 8.52. The number of hydrogen-bond acceptors (Lipinski definition) is 2. The van der Waals surface area contributed by atoms with Gasteiger partial charge in [-0.05, 0) is 24.3 Å². The third-order valence-corrected chi connectivity index (χ3v) is 1.38. The zero-order valence-electron chi connectivity index (χ0n) is 7.52. The molecule has 0 heterocycles. The molecule has 2 N–H and O–H groups in total. The van der Waals surface area contributed by atoms with Crippen molar-refractivity contribution >= 4 is 65.4 Å². The van der Waals surface area contributed by atoms with Crippen LogP contribution in [0.1, 0.15) is 20.7 Å². The van der Waals surface area contributed by atoms with Crippen LogP contribution in [-0.2, 0) is 0 Å². The Morgan fingerprint density at radius 3 is 1.21 bits per heavy atom. The van der Waals surface area contributed by atoms with E-state index >= 15 is 0 Å². The van der Waals surface area contributed by atoms with Crippen molar-refractivity contribution in [2.24, 2.45) is 0 Å². The molecule has 0 saturated heterocycles. The molecule has 67 valence electrons. The first-order valence-corrected chi connectivity index (χ1v) is 3.18. The van der Waals surface area contributed by atoms with Gasteiger partial charge in [-0.25, -0.2) is 9.59 Å². The summed E-state index contributed by atoms with van der Waals surface area (Å²) < 4.78 is 0. The summed E-state index contributed by atoms with van der Waals surface area (Å²) in [5, 5.41) is 16.9. The van der Waals surface area contributed by atoms with Crippen LogP contribution in [-0.4, -0.2) is 75.6 Å². The molecule has 5 radical (unpaired) electrons. The summed E-state index contributed by atoms with van der Waals surface area (Å²) in [5.41, 5.74) is 0.167. The van der Waals surface area contributed by atoms with Crippen LogP contribution in [0.15, 0.2) is 24.3 Å². The fourth-order valence-electron chi connectivity index (χ4n) is 0.755. The van der Waals surface area contributed by atoms with Crippen LogP contribution in [0.3, 0.4) is 0 Å². The van der Waals surface area contributed by atoms with Gasteiger partial charge in [0.2, 0.25) is 0 Å². The summed E-state index contributed by atoms with van der Waals surface area (Å²) in [6, 6.07) is 5.02. The van der Waals surface area contributed by atoms with Crippen LogP contribution in [0, 0.1) is 0 Å². The van der Waals surface area contributed by atoms with Crippen LogP contribution in [0.25, 0.3) is 0 Å². The first-order valence-electron chi connectivity index (χ1n) is 3.18. The molecule has 0 aliphatic carbocycles. The number of carboxylic acid groups (broad SMARTS) is 2. The fourth-order valence-corrected chi connectivity index (χ4v) is 0.755. The summed E-state index contributed by atoms with van der Waals surface area (Å²) in [6.07, 6.45) is 0. The number of hydrogen-bond donors (Lipinski definition) is 2. The molecular weight excluding hydrogens is 302 g/mol. The normalized spacial score (nSPS) is 8.00. The Morgan fingerprint density at radius 1 is 0.857 bits per heavy atom. The largest absolute Gasteiger partial charge is 0.478 e. The second kappa shape index (κ2) is 7.28. The molecule has 1 aromatic rings. The van der Waals surface area contributed by atoms with Gasteiger partial charge in [0.15, 0.2) is 0 Å². The van der Waals surface area contributed by atoms with Crippen LogP contribution in [0.2, 0.25) is 0 Å². The molecule has 0 spiro atoms. The Morgan fingerprint density at radius 2 is 1.07 bits per heavy atom. The van der Waals surface area contributed by atoms with Crippen LogP contribution < -0.4 is 0 Å². The number of carboxylic acids is 2. The van der Waals surface area contributed by atoms with E-state index < -0.39 is 11.9 Å². The number of aromatic carboxylic acids is 2. The minimum Gasteiger partial charge on any atom is -0.478 e. The second-order valence-electron chi connectivity index (χ2n) is 2.19. The molecule has 6 heteroatoms. The van der Waals surface area contributed by atoms with Gasteiger partial charge in [0, 0.05) is 53.5 Å².